The Morgan fingerprint density at radius 1 is 1.35 bits per heavy atom. The third-order valence-corrected chi connectivity index (χ3v) is 3.90. The highest BCUT2D eigenvalue weighted by Gasteiger charge is 2.12. The molecule has 1 aromatic carbocycles. The Labute approximate surface area is 121 Å². The fourth-order valence-corrected chi connectivity index (χ4v) is 2.31. The van der Waals surface area contributed by atoms with E-state index in [1.807, 2.05) is 6.07 Å². The highest BCUT2D eigenvalue weighted by atomic mass is 35.5. The van der Waals surface area contributed by atoms with Crippen molar-refractivity contribution in [3.05, 3.63) is 47.1 Å². The number of sulfone groups is 1. The van der Waals surface area contributed by atoms with Crippen LogP contribution in [0, 0.1) is 11.3 Å². The summed E-state index contributed by atoms with van der Waals surface area (Å²) >= 11 is 5.96. The molecule has 2 rings (SSSR count). The molecule has 5 nitrogen and oxygen atoms in total. The molecule has 0 radical (unpaired) electrons. The zero-order valence-corrected chi connectivity index (χ0v) is 11.9. The Hall–Kier alpha value is -2.10. The van der Waals surface area contributed by atoms with Crippen LogP contribution in [0.5, 0.6) is 11.6 Å². The van der Waals surface area contributed by atoms with Crippen LogP contribution in [0.25, 0.3) is 0 Å². The largest absolute Gasteiger partial charge is 0.437 e. The Morgan fingerprint density at radius 2 is 2.10 bits per heavy atom. The number of pyridine rings is 1. The average molecular weight is 309 g/mol. The smallest absolute Gasteiger partial charge is 0.239 e. The fraction of sp³-hybridized carbons (Fsp3) is 0.0769. The molecule has 7 heteroatoms. The predicted octanol–water partition coefficient (Wildman–Crippen LogP) is 2.80. The van der Waals surface area contributed by atoms with Gasteiger partial charge in [0.15, 0.2) is 9.84 Å². The molecule has 0 fully saturated rings. The van der Waals surface area contributed by atoms with E-state index in [1.54, 1.807) is 12.1 Å². The maximum atomic E-state index is 11.5. The molecular formula is C13H9ClN2O3S. The molecule has 0 saturated carbocycles. The van der Waals surface area contributed by atoms with Crippen LogP contribution >= 0.6 is 11.6 Å². The van der Waals surface area contributed by atoms with Gasteiger partial charge in [-0.15, -0.1) is 0 Å². The molecule has 1 heterocycles. The van der Waals surface area contributed by atoms with Crippen molar-refractivity contribution >= 4 is 21.4 Å². The van der Waals surface area contributed by atoms with Gasteiger partial charge in [-0.2, -0.15) is 5.26 Å². The van der Waals surface area contributed by atoms with Gasteiger partial charge in [0, 0.05) is 12.5 Å². The van der Waals surface area contributed by atoms with Crippen molar-refractivity contribution in [2.24, 2.45) is 0 Å². The highest BCUT2D eigenvalue weighted by molar-refractivity contribution is 7.90. The van der Waals surface area contributed by atoms with Crippen LogP contribution in [0.15, 0.2) is 41.4 Å². The second-order valence-corrected chi connectivity index (χ2v) is 6.33. The number of aromatic nitrogens is 1. The monoisotopic (exact) mass is 308 g/mol. The van der Waals surface area contributed by atoms with Crippen LogP contribution in [0.2, 0.25) is 5.02 Å². The van der Waals surface area contributed by atoms with Gasteiger partial charge in [-0.3, -0.25) is 0 Å². The molecule has 0 spiro atoms. The summed E-state index contributed by atoms with van der Waals surface area (Å²) in [6.07, 6.45) is 2.49. The van der Waals surface area contributed by atoms with E-state index in [0.717, 1.165) is 6.26 Å². The van der Waals surface area contributed by atoms with Gasteiger partial charge in [-0.05, 0) is 24.3 Å². The zero-order chi connectivity index (χ0) is 14.8. The first-order chi connectivity index (χ1) is 9.41. The molecule has 0 amide bonds. The standard InChI is InChI=1S/C13H9ClN2O3S/c1-20(17,18)11-4-2-3-10(7-11)19-13-12(14)9(8-15)5-6-16-13/h2-7H,1H3. The molecule has 20 heavy (non-hydrogen) atoms. The minimum absolute atomic E-state index is 0.0522. The Morgan fingerprint density at radius 3 is 2.75 bits per heavy atom. The van der Waals surface area contributed by atoms with Crippen molar-refractivity contribution in [2.45, 2.75) is 4.90 Å². The molecule has 0 bridgehead atoms. The summed E-state index contributed by atoms with van der Waals surface area (Å²) in [5, 5.41) is 8.95. The van der Waals surface area contributed by atoms with Crippen LogP contribution in [0.1, 0.15) is 5.56 Å². The summed E-state index contributed by atoms with van der Waals surface area (Å²) in [6.45, 7) is 0. The predicted molar refractivity (Wildman–Crippen MR) is 73.6 cm³/mol. The van der Waals surface area contributed by atoms with Gasteiger partial charge in [0.25, 0.3) is 0 Å². The molecule has 0 unspecified atom stereocenters. The molecule has 0 aliphatic heterocycles. The molecule has 0 saturated heterocycles. The summed E-state index contributed by atoms with van der Waals surface area (Å²) in [7, 11) is -3.33. The Balaban J connectivity index is 2.39. The van der Waals surface area contributed by atoms with Crippen LogP contribution in [0.4, 0.5) is 0 Å². The van der Waals surface area contributed by atoms with E-state index in [4.69, 9.17) is 21.6 Å². The number of hydrogen-bond acceptors (Lipinski definition) is 5. The number of hydrogen-bond donors (Lipinski definition) is 0. The molecule has 0 aliphatic carbocycles. The first kappa shape index (κ1) is 14.3. The molecule has 2 aromatic rings. The van der Waals surface area contributed by atoms with Crippen LogP contribution in [-0.2, 0) is 9.84 Å². The Bertz CT molecular complexity index is 798. The number of benzene rings is 1. The Kier molecular flexibility index (Phi) is 3.93. The highest BCUT2D eigenvalue weighted by Crippen LogP contribution is 2.30. The molecule has 1 aromatic heterocycles. The first-order valence-corrected chi connectivity index (χ1v) is 7.71. The summed E-state index contributed by atoms with van der Waals surface area (Å²) < 4.78 is 28.4. The molecule has 0 aliphatic rings. The average Bonchev–Trinajstić information content (AvgIpc) is 2.40. The van der Waals surface area contributed by atoms with Crippen LogP contribution in [0.3, 0.4) is 0 Å². The SMILES string of the molecule is CS(=O)(=O)c1cccc(Oc2nccc(C#N)c2Cl)c1. The fourth-order valence-electron chi connectivity index (χ4n) is 1.46. The van der Waals surface area contributed by atoms with Crippen molar-refractivity contribution < 1.29 is 13.2 Å². The van der Waals surface area contributed by atoms with E-state index in [2.05, 4.69) is 4.98 Å². The van der Waals surface area contributed by atoms with Crippen LogP contribution in [-0.4, -0.2) is 19.7 Å². The molecule has 102 valence electrons. The van der Waals surface area contributed by atoms with Gasteiger partial charge in [0.2, 0.25) is 5.88 Å². The maximum absolute atomic E-state index is 11.5. The van der Waals surface area contributed by atoms with Gasteiger partial charge in [0.1, 0.15) is 16.8 Å². The summed E-state index contributed by atoms with van der Waals surface area (Å²) in [4.78, 5) is 4.05. The number of rotatable bonds is 3. The van der Waals surface area contributed by atoms with E-state index >= 15 is 0 Å². The summed E-state index contributed by atoms with van der Waals surface area (Å²) in [6, 6.07) is 9.32. The lowest BCUT2D eigenvalue weighted by molar-refractivity contribution is 0.461. The topological polar surface area (TPSA) is 80.1 Å². The van der Waals surface area contributed by atoms with Gasteiger partial charge in [0.05, 0.1) is 10.5 Å². The third kappa shape index (κ3) is 3.07. The number of nitrogens with zero attached hydrogens (tertiary/aromatic N) is 2. The van der Waals surface area contributed by atoms with E-state index in [0.29, 0.717) is 0 Å². The van der Waals surface area contributed by atoms with Gasteiger partial charge >= 0.3 is 0 Å². The quantitative estimate of drug-likeness (QED) is 0.871. The van der Waals surface area contributed by atoms with Gasteiger partial charge < -0.3 is 4.74 Å². The van der Waals surface area contributed by atoms with Crippen molar-refractivity contribution in [1.82, 2.24) is 4.98 Å². The maximum Gasteiger partial charge on any atom is 0.239 e. The molecule has 0 atom stereocenters. The summed E-state index contributed by atoms with van der Waals surface area (Å²) in [5.74, 6) is 0.328. The van der Waals surface area contributed by atoms with Crippen molar-refractivity contribution in [3.8, 4) is 17.7 Å². The third-order valence-electron chi connectivity index (χ3n) is 2.43. The zero-order valence-electron chi connectivity index (χ0n) is 10.4. The van der Waals surface area contributed by atoms with Crippen molar-refractivity contribution in [3.63, 3.8) is 0 Å². The van der Waals surface area contributed by atoms with Crippen LogP contribution < -0.4 is 4.74 Å². The van der Waals surface area contributed by atoms with Gasteiger partial charge in [-0.1, -0.05) is 17.7 Å². The number of halogens is 1. The molecular weight excluding hydrogens is 300 g/mol. The lowest BCUT2D eigenvalue weighted by Crippen LogP contribution is -1.97. The van der Waals surface area contributed by atoms with Gasteiger partial charge in [-0.25, -0.2) is 13.4 Å². The normalized spacial score (nSPS) is 10.8. The number of nitriles is 1. The molecule has 0 N–H and O–H groups in total. The first-order valence-electron chi connectivity index (χ1n) is 5.44. The number of ether oxygens (including phenoxy) is 1. The van der Waals surface area contributed by atoms with Crippen molar-refractivity contribution in [2.75, 3.05) is 6.26 Å². The van der Waals surface area contributed by atoms with E-state index in [-0.39, 0.29) is 27.1 Å². The minimum atomic E-state index is -3.33. The summed E-state index contributed by atoms with van der Waals surface area (Å²) in [5.41, 5.74) is 0.232. The second kappa shape index (κ2) is 5.49. The lowest BCUT2D eigenvalue weighted by Gasteiger charge is -2.08. The minimum Gasteiger partial charge on any atom is -0.437 e. The lowest BCUT2D eigenvalue weighted by atomic mass is 10.3. The van der Waals surface area contributed by atoms with E-state index in [1.165, 1.54) is 24.4 Å². The van der Waals surface area contributed by atoms with Crippen molar-refractivity contribution in [1.29, 1.82) is 5.26 Å². The van der Waals surface area contributed by atoms with E-state index in [9.17, 15) is 8.42 Å². The second-order valence-electron chi connectivity index (χ2n) is 3.94. The van der Waals surface area contributed by atoms with E-state index < -0.39 is 9.84 Å².